The number of ether oxygens (including phenoxy) is 2. The lowest BCUT2D eigenvalue weighted by molar-refractivity contribution is -0.130. The topological polar surface area (TPSA) is 67.9 Å². The van der Waals surface area contributed by atoms with Crippen LogP contribution >= 0.6 is 0 Å². The average Bonchev–Trinajstić information content (AvgIpc) is 2.89. The summed E-state index contributed by atoms with van der Waals surface area (Å²) in [5, 5.41) is 2.68. The highest BCUT2D eigenvalue weighted by Gasteiger charge is 2.47. The molecule has 3 amide bonds. The Kier molecular flexibility index (Phi) is 2.04. The minimum Gasteiger partial charge on any atom is -0.454 e. The number of carbonyl (C=O) groups excluding carboxylic acids is 2. The fourth-order valence-corrected chi connectivity index (χ4v) is 2.18. The molecule has 6 heteroatoms. The Morgan fingerprint density at radius 2 is 2.00 bits per heavy atom. The Morgan fingerprint density at radius 1 is 1.28 bits per heavy atom. The summed E-state index contributed by atoms with van der Waals surface area (Å²) in [6.07, 6.45) is 0. The molecule has 0 radical (unpaired) electrons. The summed E-state index contributed by atoms with van der Waals surface area (Å²) < 4.78 is 10.5. The first kappa shape index (κ1) is 10.9. The number of fused-ring (bicyclic) bond motifs is 1. The fraction of sp³-hybridized carbons (Fsp3) is 0.333. The van der Waals surface area contributed by atoms with Crippen molar-refractivity contribution in [3.63, 3.8) is 0 Å². The molecule has 0 bridgehead atoms. The quantitative estimate of drug-likeness (QED) is 0.747. The van der Waals surface area contributed by atoms with E-state index in [1.807, 2.05) is 0 Å². The van der Waals surface area contributed by atoms with Gasteiger partial charge in [0.1, 0.15) is 5.54 Å². The minimum absolute atomic E-state index is 0.176. The molecule has 1 atom stereocenters. The van der Waals surface area contributed by atoms with Gasteiger partial charge in [0.25, 0.3) is 5.91 Å². The Balaban J connectivity index is 2.05. The van der Waals surface area contributed by atoms with E-state index in [1.165, 1.54) is 7.05 Å². The summed E-state index contributed by atoms with van der Waals surface area (Å²) in [5.41, 5.74) is -0.373. The summed E-state index contributed by atoms with van der Waals surface area (Å²) in [4.78, 5) is 24.7. The number of imide groups is 1. The lowest BCUT2D eigenvalue weighted by Gasteiger charge is -2.21. The molecular weight excluding hydrogens is 236 g/mol. The normalized spacial score (nSPS) is 25.6. The Morgan fingerprint density at radius 3 is 2.67 bits per heavy atom. The lowest BCUT2D eigenvalue weighted by Crippen LogP contribution is -2.40. The van der Waals surface area contributed by atoms with Crippen molar-refractivity contribution in [3.8, 4) is 11.5 Å². The molecule has 18 heavy (non-hydrogen) atoms. The van der Waals surface area contributed by atoms with Crippen molar-refractivity contribution in [2.24, 2.45) is 0 Å². The first-order chi connectivity index (χ1) is 8.52. The van der Waals surface area contributed by atoms with Gasteiger partial charge in [-0.15, -0.1) is 0 Å². The smallest absolute Gasteiger partial charge is 0.325 e. The monoisotopic (exact) mass is 248 g/mol. The van der Waals surface area contributed by atoms with Gasteiger partial charge < -0.3 is 14.8 Å². The zero-order valence-electron chi connectivity index (χ0n) is 10.0. The molecule has 2 aliphatic heterocycles. The van der Waals surface area contributed by atoms with Crippen LogP contribution in [-0.4, -0.2) is 30.7 Å². The van der Waals surface area contributed by atoms with Gasteiger partial charge in [0.15, 0.2) is 11.5 Å². The second-order valence-corrected chi connectivity index (χ2v) is 4.49. The van der Waals surface area contributed by atoms with Gasteiger partial charge in [-0.25, -0.2) is 4.79 Å². The van der Waals surface area contributed by atoms with Crippen molar-refractivity contribution in [1.29, 1.82) is 0 Å². The van der Waals surface area contributed by atoms with E-state index in [-0.39, 0.29) is 12.7 Å². The fourth-order valence-electron chi connectivity index (χ4n) is 2.18. The molecule has 1 N–H and O–H groups in total. The zero-order valence-corrected chi connectivity index (χ0v) is 10.0. The van der Waals surface area contributed by atoms with Crippen LogP contribution in [0.3, 0.4) is 0 Å². The molecule has 0 aliphatic carbocycles. The van der Waals surface area contributed by atoms with Crippen molar-refractivity contribution in [1.82, 2.24) is 10.2 Å². The van der Waals surface area contributed by atoms with Crippen LogP contribution in [0.2, 0.25) is 0 Å². The summed E-state index contributed by atoms with van der Waals surface area (Å²) in [6.45, 7) is 1.85. The van der Waals surface area contributed by atoms with Crippen molar-refractivity contribution >= 4 is 11.9 Å². The maximum absolute atomic E-state index is 12.1. The van der Waals surface area contributed by atoms with E-state index < -0.39 is 11.6 Å². The maximum Gasteiger partial charge on any atom is 0.325 e. The molecule has 0 aromatic heterocycles. The van der Waals surface area contributed by atoms with Gasteiger partial charge in [0.2, 0.25) is 6.79 Å². The highest BCUT2D eigenvalue weighted by atomic mass is 16.7. The predicted octanol–water partition coefficient (Wildman–Crippen LogP) is 0.812. The Bertz CT molecular complexity index is 557. The van der Waals surface area contributed by atoms with E-state index in [0.717, 1.165) is 4.90 Å². The highest BCUT2D eigenvalue weighted by Crippen LogP contribution is 2.37. The Labute approximate surface area is 103 Å². The van der Waals surface area contributed by atoms with Crippen LogP contribution in [0.1, 0.15) is 12.5 Å². The molecule has 1 aromatic carbocycles. The highest BCUT2D eigenvalue weighted by molar-refractivity contribution is 6.06. The number of hydrogen-bond acceptors (Lipinski definition) is 4. The van der Waals surface area contributed by atoms with Crippen LogP contribution in [0.25, 0.3) is 0 Å². The third kappa shape index (κ3) is 1.28. The van der Waals surface area contributed by atoms with Gasteiger partial charge in [-0.05, 0) is 24.6 Å². The number of benzene rings is 1. The van der Waals surface area contributed by atoms with Crippen molar-refractivity contribution in [3.05, 3.63) is 23.8 Å². The predicted molar refractivity (Wildman–Crippen MR) is 61.2 cm³/mol. The SMILES string of the molecule is CN1C(=O)NC(C)(c2ccc3c(c2)OCO3)C1=O. The molecule has 0 saturated carbocycles. The number of rotatable bonds is 1. The molecule has 94 valence electrons. The molecule has 2 aliphatic rings. The van der Waals surface area contributed by atoms with Crippen LogP contribution in [0.15, 0.2) is 18.2 Å². The first-order valence-electron chi connectivity index (χ1n) is 5.53. The number of hydrogen-bond donors (Lipinski definition) is 1. The van der Waals surface area contributed by atoms with Crippen LogP contribution < -0.4 is 14.8 Å². The third-order valence-electron chi connectivity index (χ3n) is 3.34. The molecule has 3 rings (SSSR count). The van der Waals surface area contributed by atoms with Crippen LogP contribution in [0.5, 0.6) is 11.5 Å². The first-order valence-corrected chi connectivity index (χ1v) is 5.53. The van der Waals surface area contributed by atoms with Gasteiger partial charge >= 0.3 is 6.03 Å². The maximum atomic E-state index is 12.1. The van der Waals surface area contributed by atoms with E-state index in [1.54, 1.807) is 25.1 Å². The van der Waals surface area contributed by atoms with E-state index in [0.29, 0.717) is 17.1 Å². The van der Waals surface area contributed by atoms with Gasteiger partial charge in [-0.3, -0.25) is 9.69 Å². The molecule has 0 spiro atoms. The molecule has 1 unspecified atom stereocenters. The summed E-state index contributed by atoms with van der Waals surface area (Å²) in [5.74, 6) is 0.948. The van der Waals surface area contributed by atoms with E-state index >= 15 is 0 Å². The van der Waals surface area contributed by atoms with E-state index in [2.05, 4.69) is 5.32 Å². The molecule has 1 aromatic rings. The van der Waals surface area contributed by atoms with Crippen molar-refractivity contribution < 1.29 is 19.1 Å². The molecule has 1 saturated heterocycles. The summed E-state index contributed by atoms with van der Waals surface area (Å²) in [6, 6.07) is 4.81. The number of nitrogens with one attached hydrogen (secondary N) is 1. The molecular formula is C12H12N2O4. The van der Waals surface area contributed by atoms with E-state index in [9.17, 15) is 9.59 Å². The zero-order chi connectivity index (χ0) is 12.9. The number of likely N-dealkylation sites (N-methyl/N-ethyl adjacent to an activating group) is 1. The van der Waals surface area contributed by atoms with Gasteiger partial charge in [-0.1, -0.05) is 6.07 Å². The van der Waals surface area contributed by atoms with E-state index in [4.69, 9.17) is 9.47 Å². The van der Waals surface area contributed by atoms with Gasteiger partial charge in [-0.2, -0.15) is 0 Å². The van der Waals surface area contributed by atoms with Crippen LogP contribution in [0.4, 0.5) is 4.79 Å². The number of nitrogens with zero attached hydrogens (tertiary/aromatic N) is 1. The van der Waals surface area contributed by atoms with Crippen LogP contribution in [-0.2, 0) is 10.3 Å². The Hall–Kier alpha value is -2.24. The number of urea groups is 1. The second-order valence-electron chi connectivity index (χ2n) is 4.49. The van der Waals surface area contributed by atoms with Gasteiger partial charge in [0.05, 0.1) is 0 Å². The van der Waals surface area contributed by atoms with Crippen molar-refractivity contribution in [2.45, 2.75) is 12.5 Å². The van der Waals surface area contributed by atoms with Crippen LogP contribution in [0, 0.1) is 0 Å². The largest absolute Gasteiger partial charge is 0.454 e. The molecule has 1 fully saturated rings. The summed E-state index contributed by atoms with van der Waals surface area (Å²) in [7, 11) is 1.45. The molecule has 6 nitrogen and oxygen atoms in total. The average molecular weight is 248 g/mol. The standard InChI is InChI=1S/C12H12N2O4/c1-12(10(15)14(2)11(16)13-12)7-3-4-8-9(5-7)18-6-17-8/h3-5H,6H2,1-2H3,(H,13,16). The van der Waals surface area contributed by atoms with Gasteiger partial charge in [0, 0.05) is 7.05 Å². The lowest BCUT2D eigenvalue weighted by atomic mass is 9.92. The number of carbonyl (C=O) groups is 2. The molecule has 2 heterocycles. The van der Waals surface area contributed by atoms with Crippen molar-refractivity contribution in [2.75, 3.05) is 13.8 Å². The second kappa shape index (κ2) is 3.38. The summed E-state index contributed by atoms with van der Waals surface area (Å²) >= 11 is 0. The number of amides is 3. The minimum atomic E-state index is -1.05. The third-order valence-corrected chi connectivity index (χ3v) is 3.34.